The molecular formula is C13H16O. The molecule has 0 radical (unpaired) electrons. The molecule has 0 saturated heterocycles. The number of ether oxygens (including phenoxy) is 1. The van der Waals surface area contributed by atoms with Crippen LogP contribution in [0.5, 0.6) is 0 Å². The van der Waals surface area contributed by atoms with E-state index in [9.17, 15) is 0 Å². The fourth-order valence-electron chi connectivity index (χ4n) is 1.10. The lowest BCUT2D eigenvalue weighted by molar-refractivity contribution is 0.306. The molecule has 0 aliphatic heterocycles. The molecular weight excluding hydrogens is 172 g/mol. The number of hydrogen-bond acceptors (Lipinski definition) is 1. The zero-order chi connectivity index (χ0) is 10.4. The van der Waals surface area contributed by atoms with E-state index in [1.165, 1.54) is 0 Å². The van der Waals surface area contributed by atoms with Crippen LogP contribution >= 0.6 is 0 Å². The van der Waals surface area contributed by atoms with Gasteiger partial charge in [0.1, 0.15) is 11.5 Å². The van der Waals surface area contributed by atoms with Gasteiger partial charge in [-0.15, -0.1) is 0 Å². The molecule has 0 heterocycles. The van der Waals surface area contributed by atoms with Gasteiger partial charge in [-0.05, 0) is 25.5 Å². The van der Waals surface area contributed by atoms with E-state index >= 15 is 0 Å². The summed E-state index contributed by atoms with van der Waals surface area (Å²) in [6.45, 7) is 9.51. The molecule has 1 aliphatic rings. The van der Waals surface area contributed by atoms with Crippen molar-refractivity contribution < 1.29 is 4.74 Å². The van der Waals surface area contributed by atoms with Crippen LogP contribution in [0.25, 0.3) is 0 Å². The van der Waals surface area contributed by atoms with Crippen LogP contribution in [0.2, 0.25) is 0 Å². The molecule has 1 nitrogen and oxygen atoms in total. The molecule has 0 aromatic rings. The van der Waals surface area contributed by atoms with E-state index in [0.29, 0.717) is 5.76 Å². The van der Waals surface area contributed by atoms with Crippen LogP contribution in [-0.2, 0) is 4.74 Å². The Bertz CT molecular complexity index is 316. The van der Waals surface area contributed by atoms with Gasteiger partial charge in [0, 0.05) is 6.42 Å². The molecule has 0 N–H and O–H groups in total. The van der Waals surface area contributed by atoms with Gasteiger partial charge in [-0.2, -0.15) is 0 Å². The smallest absolute Gasteiger partial charge is 0.119 e. The highest BCUT2D eigenvalue weighted by molar-refractivity contribution is 5.22. The van der Waals surface area contributed by atoms with Crippen molar-refractivity contribution in [2.24, 2.45) is 0 Å². The third-order valence-electron chi connectivity index (χ3n) is 1.79. The lowest BCUT2D eigenvalue weighted by Crippen LogP contribution is -1.92. The summed E-state index contributed by atoms with van der Waals surface area (Å²) in [4.78, 5) is 0. The summed E-state index contributed by atoms with van der Waals surface area (Å²) in [5.74, 6) is 1.64. The molecule has 0 unspecified atom stereocenters. The van der Waals surface area contributed by atoms with Crippen molar-refractivity contribution in [1.82, 2.24) is 0 Å². The number of hydrogen-bond donors (Lipinski definition) is 0. The van der Waals surface area contributed by atoms with Gasteiger partial charge >= 0.3 is 0 Å². The first-order valence-corrected chi connectivity index (χ1v) is 4.74. The Hall–Kier alpha value is -1.50. The predicted molar refractivity (Wildman–Crippen MR) is 60.6 cm³/mol. The zero-order valence-electron chi connectivity index (χ0n) is 8.62. The first kappa shape index (κ1) is 10.6. The van der Waals surface area contributed by atoms with Gasteiger partial charge in [0.2, 0.25) is 0 Å². The van der Waals surface area contributed by atoms with E-state index in [4.69, 9.17) is 4.74 Å². The molecule has 14 heavy (non-hydrogen) atoms. The number of allylic oxidation sites excluding steroid dienone is 7. The van der Waals surface area contributed by atoms with Crippen molar-refractivity contribution in [2.75, 3.05) is 0 Å². The molecule has 0 aromatic carbocycles. The molecule has 0 amide bonds. The van der Waals surface area contributed by atoms with E-state index in [1.54, 1.807) is 0 Å². The Kier molecular flexibility index (Phi) is 3.99. The quantitative estimate of drug-likeness (QED) is 0.480. The monoisotopic (exact) mass is 188 g/mol. The molecule has 1 rings (SSSR count). The average Bonchev–Trinajstić information content (AvgIpc) is 2.16. The third-order valence-corrected chi connectivity index (χ3v) is 1.79. The fourth-order valence-corrected chi connectivity index (χ4v) is 1.10. The molecule has 74 valence electrons. The summed E-state index contributed by atoms with van der Waals surface area (Å²) in [6, 6.07) is 0. The van der Waals surface area contributed by atoms with Gasteiger partial charge < -0.3 is 4.74 Å². The SMILES string of the molecule is C=C(C)/C=C\C(=C)OC1=CC=CCC1. The summed E-state index contributed by atoms with van der Waals surface area (Å²) in [5.41, 5.74) is 0.993. The van der Waals surface area contributed by atoms with Crippen molar-refractivity contribution >= 4 is 0 Å². The van der Waals surface area contributed by atoms with Gasteiger partial charge in [-0.3, -0.25) is 0 Å². The van der Waals surface area contributed by atoms with Crippen molar-refractivity contribution in [3.63, 3.8) is 0 Å². The fraction of sp³-hybridized carbons (Fsp3) is 0.231. The van der Waals surface area contributed by atoms with Gasteiger partial charge in [0.05, 0.1) is 0 Å². The van der Waals surface area contributed by atoms with E-state index in [0.717, 1.165) is 24.2 Å². The third kappa shape index (κ3) is 3.94. The second kappa shape index (κ2) is 5.28. The van der Waals surface area contributed by atoms with Crippen molar-refractivity contribution in [2.45, 2.75) is 19.8 Å². The van der Waals surface area contributed by atoms with Crippen LogP contribution in [0, 0.1) is 0 Å². The number of rotatable bonds is 4. The predicted octanol–water partition coefficient (Wildman–Crippen LogP) is 3.88. The van der Waals surface area contributed by atoms with Gasteiger partial charge in [-0.1, -0.05) is 37.0 Å². The molecule has 1 heteroatoms. The van der Waals surface area contributed by atoms with Crippen LogP contribution in [0.4, 0.5) is 0 Å². The van der Waals surface area contributed by atoms with Crippen molar-refractivity contribution in [1.29, 1.82) is 0 Å². The molecule has 0 aromatic heterocycles. The largest absolute Gasteiger partial charge is 0.462 e. The standard InChI is InChI=1S/C13H16O/c1-11(2)9-10-12(3)14-13-7-5-4-6-8-13/h4-5,7,9-10H,1,3,6,8H2,2H3/b10-9-. The van der Waals surface area contributed by atoms with E-state index in [-0.39, 0.29) is 0 Å². The lowest BCUT2D eigenvalue weighted by atomic mass is 10.2. The van der Waals surface area contributed by atoms with E-state index in [1.807, 2.05) is 31.2 Å². The van der Waals surface area contributed by atoms with Gasteiger partial charge in [0.15, 0.2) is 0 Å². The maximum Gasteiger partial charge on any atom is 0.119 e. The topological polar surface area (TPSA) is 9.23 Å². The minimum atomic E-state index is 0.662. The highest BCUT2D eigenvalue weighted by Gasteiger charge is 2.00. The Morgan fingerprint density at radius 3 is 2.79 bits per heavy atom. The maximum absolute atomic E-state index is 5.53. The van der Waals surface area contributed by atoms with Crippen LogP contribution in [0.3, 0.4) is 0 Å². The normalized spacial score (nSPS) is 15.4. The summed E-state index contributed by atoms with van der Waals surface area (Å²) in [5, 5.41) is 0. The van der Waals surface area contributed by atoms with E-state index < -0.39 is 0 Å². The van der Waals surface area contributed by atoms with Crippen molar-refractivity contribution in [3.05, 3.63) is 60.6 Å². The second-order valence-electron chi connectivity index (χ2n) is 3.35. The van der Waals surface area contributed by atoms with E-state index in [2.05, 4.69) is 19.2 Å². The van der Waals surface area contributed by atoms with Crippen LogP contribution < -0.4 is 0 Å². The molecule has 0 fully saturated rings. The highest BCUT2D eigenvalue weighted by Crippen LogP contribution is 2.16. The minimum Gasteiger partial charge on any atom is -0.462 e. The molecule has 0 spiro atoms. The summed E-state index contributed by atoms with van der Waals surface area (Å²) in [6.07, 6.45) is 11.8. The van der Waals surface area contributed by atoms with Gasteiger partial charge in [0.25, 0.3) is 0 Å². The minimum absolute atomic E-state index is 0.662. The molecule has 0 saturated carbocycles. The second-order valence-corrected chi connectivity index (χ2v) is 3.35. The first-order valence-electron chi connectivity index (χ1n) is 4.74. The molecule has 0 bridgehead atoms. The highest BCUT2D eigenvalue weighted by atomic mass is 16.5. The Balaban J connectivity index is 2.44. The van der Waals surface area contributed by atoms with Crippen LogP contribution in [-0.4, -0.2) is 0 Å². The first-order chi connectivity index (χ1) is 6.68. The van der Waals surface area contributed by atoms with Crippen LogP contribution in [0.1, 0.15) is 19.8 Å². The Labute approximate surface area is 85.8 Å². The maximum atomic E-state index is 5.53. The average molecular weight is 188 g/mol. The lowest BCUT2D eigenvalue weighted by Gasteiger charge is -2.10. The Morgan fingerprint density at radius 2 is 2.21 bits per heavy atom. The summed E-state index contributed by atoms with van der Waals surface area (Å²) >= 11 is 0. The van der Waals surface area contributed by atoms with Gasteiger partial charge in [-0.25, -0.2) is 0 Å². The summed E-state index contributed by atoms with van der Waals surface area (Å²) < 4.78 is 5.53. The summed E-state index contributed by atoms with van der Waals surface area (Å²) in [7, 11) is 0. The van der Waals surface area contributed by atoms with Crippen molar-refractivity contribution in [3.8, 4) is 0 Å². The zero-order valence-corrected chi connectivity index (χ0v) is 8.62. The van der Waals surface area contributed by atoms with Crippen LogP contribution in [0.15, 0.2) is 60.6 Å². The Morgan fingerprint density at radius 1 is 1.43 bits per heavy atom. The molecule has 0 atom stereocenters. The molecule has 1 aliphatic carbocycles.